The van der Waals surface area contributed by atoms with Gasteiger partial charge in [-0.1, -0.05) is 23.4 Å². The summed E-state index contributed by atoms with van der Waals surface area (Å²) < 4.78 is 11.0. The summed E-state index contributed by atoms with van der Waals surface area (Å²) in [5, 5.41) is 18.1. The highest BCUT2D eigenvalue weighted by Gasteiger charge is 2.05. The summed E-state index contributed by atoms with van der Waals surface area (Å²) in [4.78, 5) is 2.19. The molecule has 0 spiro atoms. The molecule has 0 radical (unpaired) electrons. The summed E-state index contributed by atoms with van der Waals surface area (Å²) >= 11 is 7.12. The van der Waals surface area contributed by atoms with Gasteiger partial charge in [0.2, 0.25) is 0 Å². The van der Waals surface area contributed by atoms with E-state index in [-0.39, 0.29) is 13.2 Å². The molecule has 0 fully saturated rings. The number of rotatable bonds is 9. The Hall–Kier alpha value is -1.66. The molecule has 0 aliphatic heterocycles. The van der Waals surface area contributed by atoms with Crippen molar-refractivity contribution in [3.05, 3.63) is 59.6 Å². The number of hydrogen-bond acceptors (Lipinski definition) is 5. The third-order valence-electron chi connectivity index (χ3n) is 3.28. The molecule has 2 aromatic carbocycles. The summed E-state index contributed by atoms with van der Waals surface area (Å²) in [6, 6.07) is 13.6. The molecule has 1 unspecified atom stereocenters. The molecule has 4 nitrogen and oxygen atoms in total. The second kappa shape index (κ2) is 10.4. The third-order valence-corrected chi connectivity index (χ3v) is 4.46. The van der Waals surface area contributed by atoms with Crippen LogP contribution in [0.2, 0.25) is 0 Å². The van der Waals surface area contributed by atoms with Crippen LogP contribution < -0.4 is 9.47 Å². The minimum absolute atomic E-state index is 0.0720. The first-order valence-electron chi connectivity index (χ1n) is 7.80. The van der Waals surface area contributed by atoms with Crippen LogP contribution in [0.1, 0.15) is 5.56 Å². The molecular formula is C19H21ClO4S. The Morgan fingerprint density at radius 1 is 1.12 bits per heavy atom. The van der Waals surface area contributed by atoms with E-state index in [0.29, 0.717) is 12.4 Å². The fourth-order valence-electron chi connectivity index (χ4n) is 2.01. The number of hydrogen-bond donors (Lipinski definition) is 2. The average Bonchev–Trinajstić information content (AvgIpc) is 2.63. The molecular weight excluding hydrogens is 360 g/mol. The summed E-state index contributed by atoms with van der Waals surface area (Å²) in [6.07, 6.45) is 0.880. The van der Waals surface area contributed by atoms with Crippen molar-refractivity contribution in [2.75, 3.05) is 19.8 Å². The molecule has 6 heteroatoms. The van der Waals surface area contributed by atoms with E-state index >= 15 is 0 Å². The normalized spacial score (nSPS) is 12.3. The largest absolute Gasteiger partial charge is 0.491 e. The number of ether oxygens (including phenoxy) is 2. The molecule has 1 atom stereocenters. The monoisotopic (exact) mass is 380 g/mol. The van der Waals surface area contributed by atoms with E-state index in [4.69, 9.17) is 26.2 Å². The molecule has 0 heterocycles. The van der Waals surface area contributed by atoms with Crippen molar-refractivity contribution in [2.45, 2.75) is 22.8 Å². The molecule has 134 valence electrons. The first-order chi connectivity index (χ1) is 12.1. The molecule has 0 bridgehead atoms. The lowest BCUT2D eigenvalue weighted by Gasteiger charge is -2.11. The number of aliphatic hydroxyl groups excluding tert-OH is 2. The van der Waals surface area contributed by atoms with Gasteiger partial charge in [-0.3, -0.25) is 0 Å². The van der Waals surface area contributed by atoms with Crippen molar-refractivity contribution < 1.29 is 19.7 Å². The van der Waals surface area contributed by atoms with Gasteiger partial charge in [-0.05, 0) is 61.0 Å². The van der Waals surface area contributed by atoms with Crippen LogP contribution in [-0.4, -0.2) is 36.1 Å². The van der Waals surface area contributed by atoms with Crippen LogP contribution in [0, 0.1) is 6.92 Å². The maximum atomic E-state index is 9.29. The summed E-state index contributed by atoms with van der Waals surface area (Å²) in [7, 11) is 0. The Kier molecular flexibility index (Phi) is 8.15. The van der Waals surface area contributed by atoms with E-state index in [1.165, 1.54) is 5.54 Å². The molecule has 0 aliphatic carbocycles. The standard InChI is InChI=1S/C19H21ClO4S/c1-14-11-18(7-8-19(14)23-10-2-9-20)25-17-5-3-16(4-6-17)24-13-15(22)12-21/h2-9,11,15,21-22H,10,12-13H2,1H3/b9-2+. The highest BCUT2D eigenvalue weighted by molar-refractivity contribution is 7.99. The minimum atomic E-state index is -0.863. The highest BCUT2D eigenvalue weighted by atomic mass is 35.5. The molecule has 2 aromatic rings. The Balaban J connectivity index is 1.94. The van der Waals surface area contributed by atoms with Gasteiger partial charge in [0.1, 0.15) is 30.8 Å². The predicted octanol–water partition coefficient (Wildman–Crippen LogP) is 4.01. The van der Waals surface area contributed by atoms with Gasteiger partial charge in [0.15, 0.2) is 0 Å². The van der Waals surface area contributed by atoms with Crippen molar-refractivity contribution in [1.82, 2.24) is 0 Å². The fraction of sp³-hybridized carbons (Fsp3) is 0.263. The smallest absolute Gasteiger partial charge is 0.122 e. The van der Waals surface area contributed by atoms with Crippen LogP contribution in [0.25, 0.3) is 0 Å². The van der Waals surface area contributed by atoms with E-state index in [1.54, 1.807) is 17.8 Å². The van der Waals surface area contributed by atoms with Gasteiger partial charge in [-0.25, -0.2) is 0 Å². The van der Waals surface area contributed by atoms with Gasteiger partial charge in [-0.15, -0.1) is 0 Å². The lowest BCUT2D eigenvalue weighted by molar-refractivity contribution is 0.0536. The first kappa shape index (κ1) is 19.7. The molecule has 0 aromatic heterocycles. The van der Waals surface area contributed by atoms with Crippen LogP contribution in [0.3, 0.4) is 0 Å². The summed E-state index contributed by atoms with van der Waals surface area (Å²) in [6.45, 7) is 2.22. The maximum absolute atomic E-state index is 9.29. The van der Waals surface area contributed by atoms with E-state index in [0.717, 1.165) is 21.1 Å². The number of aryl methyl sites for hydroxylation is 1. The van der Waals surface area contributed by atoms with E-state index in [1.807, 2.05) is 43.3 Å². The lowest BCUT2D eigenvalue weighted by Crippen LogP contribution is -2.21. The molecule has 0 saturated heterocycles. The van der Waals surface area contributed by atoms with Gasteiger partial charge < -0.3 is 19.7 Å². The predicted molar refractivity (Wildman–Crippen MR) is 101 cm³/mol. The van der Waals surface area contributed by atoms with Gasteiger partial charge >= 0.3 is 0 Å². The summed E-state index contributed by atoms with van der Waals surface area (Å²) in [5.41, 5.74) is 2.50. The molecule has 2 rings (SSSR count). The first-order valence-corrected chi connectivity index (χ1v) is 9.06. The highest BCUT2D eigenvalue weighted by Crippen LogP contribution is 2.32. The van der Waals surface area contributed by atoms with E-state index < -0.39 is 6.10 Å². The second-order valence-electron chi connectivity index (χ2n) is 5.32. The molecule has 25 heavy (non-hydrogen) atoms. The lowest BCUT2D eigenvalue weighted by atomic mass is 10.2. The van der Waals surface area contributed by atoms with Crippen LogP contribution >= 0.6 is 23.4 Å². The van der Waals surface area contributed by atoms with Crippen molar-refractivity contribution in [1.29, 1.82) is 0 Å². The average molecular weight is 381 g/mol. The molecule has 0 saturated carbocycles. The minimum Gasteiger partial charge on any atom is -0.491 e. The Morgan fingerprint density at radius 2 is 1.84 bits per heavy atom. The van der Waals surface area contributed by atoms with Crippen molar-refractivity contribution in [2.24, 2.45) is 0 Å². The zero-order valence-corrected chi connectivity index (χ0v) is 15.5. The summed E-state index contributed by atoms with van der Waals surface area (Å²) in [5.74, 6) is 1.49. The quantitative estimate of drug-likeness (QED) is 0.688. The topological polar surface area (TPSA) is 58.9 Å². The number of benzene rings is 2. The van der Waals surface area contributed by atoms with Crippen LogP contribution in [-0.2, 0) is 0 Å². The second-order valence-corrected chi connectivity index (χ2v) is 6.72. The van der Waals surface area contributed by atoms with E-state index in [2.05, 4.69) is 6.07 Å². The number of aliphatic hydroxyl groups is 2. The van der Waals surface area contributed by atoms with Crippen molar-refractivity contribution in [3.63, 3.8) is 0 Å². The van der Waals surface area contributed by atoms with E-state index in [9.17, 15) is 5.11 Å². The fourth-order valence-corrected chi connectivity index (χ4v) is 3.00. The van der Waals surface area contributed by atoms with Crippen molar-refractivity contribution >= 4 is 23.4 Å². The zero-order chi connectivity index (χ0) is 18.1. The van der Waals surface area contributed by atoms with Gasteiger partial charge in [0.25, 0.3) is 0 Å². The van der Waals surface area contributed by atoms with Gasteiger partial charge in [0.05, 0.1) is 6.61 Å². The molecule has 2 N–H and O–H groups in total. The Morgan fingerprint density at radius 3 is 2.48 bits per heavy atom. The zero-order valence-electron chi connectivity index (χ0n) is 13.9. The maximum Gasteiger partial charge on any atom is 0.122 e. The van der Waals surface area contributed by atoms with Crippen molar-refractivity contribution in [3.8, 4) is 11.5 Å². The van der Waals surface area contributed by atoms with Gasteiger partial charge in [-0.2, -0.15) is 0 Å². The van der Waals surface area contributed by atoms with Crippen LogP contribution in [0.15, 0.2) is 63.9 Å². The Labute approximate surface area is 157 Å². The van der Waals surface area contributed by atoms with Gasteiger partial charge in [0, 0.05) is 15.3 Å². The van der Waals surface area contributed by atoms with Crippen LogP contribution in [0.4, 0.5) is 0 Å². The Bertz CT molecular complexity index is 688. The molecule has 0 amide bonds. The third kappa shape index (κ3) is 6.63. The molecule has 0 aliphatic rings. The SMILES string of the molecule is Cc1cc(Sc2ccc(OCC(O)CO)cc2)ccc1OC/C=C/Cl. The number of halogens is 1. The van der Waals surface area contributed by atoms with Crippen LogP contribution in [0.5, 0.6) is 11.5 Å².